The molecule has 5 rings (SSSR count). The number of rotatable bonds is 9. The van der Waals surface area contributed by atoms with Crippen LogP contribution in [0.1, 0.15) is 41.9 Å². The van der Waals surface area contributed by atoms with Gasteiger partial charge >= 0.3 is 0 Å². The Hall–Kier alpha value is -1.79. The van der Waals surface area contributed by atoms with E-state index in [4.69, 9.17) is 51.1 Å². The number of Topliss-reactive ketones (excluding diaryl/α,β-unsaturated/α-hetero) is 1. The maximum Gasteiger partial charge on any atom is 0.165 e. The van der Waals surface area contributed by atoms with Crippen LogP contribution in [0.5, 0.6) is 0 Å². The fraction of sp³-hybridized carbons (Fsp3) is 0.367. The van der Waals surface area contributed by atoms with Gasteiger partial charge in [0.2, 0.25) is 0 Å². The molecule has 0 bridgehead atoms. The van der Waals surface area contributed by atoms with Crippen molar-refractivity contribution < 1.29 is 9.53 Å². The van der Waals surface area contributed by atoms with Crippen LogP contribution in [-0.4, -0.2) is 43.5 Å². The van der Waals surface area contributed by atoms with Crippen molar-refractivity contribution in [1.29, 1.82) is 0 Å². The third-order valence-corrected chi connectivity index (χ3v) is 9.01. The summed E-state index contributed by atoms with van der Waals surface area (Å²) < 4.78 is 5.79. The van der Waals surface area contributed by atoms with Crippen LogP contribution < -0.4 is 5.32 Å². The van der Waals surface area contributed by atoms with Crippen molar-refractivity contribution in [2.24, 2.45) is 0 Å². The van der Waals surface area contributed by atoms with Gasteiger partial charge in [-0.15, -0.1) is 0 Å². The number of ether oxygens (including phenoxy) is 1. The van der Waals surface area contributed by atoms with Gasteiger partial charge in [0.15, 0.2) is 5.78 Å². The number of hydrogen-bond donors (Lipinski definition) is 1. The predicted molar refractivity (Wildman–Crippen MR) is 157 cm³/mol. The van der Waals surface area contributed by atoms with Crippen LogP contribution in [0.3, 0.4) is 0 Å². The van der Waals surface area contributed by atoms with Gasteiger partial charge in [-0.3, -0.25) is 4.79 Å². The number of benzene rings is 3. The average Bonchev–Trinajstić information content (AvgIpc) is 3.25. The average molecular weight is 592 g/mol. The van der Waals surface area contributed by atoms with Crippen molar-refractivity contribution in [2.75, 3.05) is 38.1 Å². The number of nitrogens with zero attached hydrogens (tertiary/aromatic N) is 1. The lowest BCUT2D eigenvalue weighted by atomic mass is 9.74. The maximum absolute atomic E-state index is 13.4. The Balaban J connectivity index is 1.21. The smallest absolute Gasteiger partial charge is 0.165 e. The number of ketones is 1. The normalized spacial score (nSPS) is 17.3. The minimum atomic E-state index is -0.336. The first-order valence-electron chi connectivity index (χ1n) is 12.9. The highest BCUT2D eigenvalue weighted by molar-refractivity contribution is 6.42. The zero-order valence-corrected chi connectivity index (χ0v) is 24.0. The van der Waals surface area contributed by atoms with Crippen LogP contribution in [0.25, 0.3) is 0 Å². The standard InChI is InChI=1S/C30H30Cl4N2O2/c31-22-13-20(14-23(32)16-22)17-38-18-29(37)24(21-5-6-26(33)27(34)15-21)7-10-36-11-8-30(9-12-36)19-35-28-4-2-1-3-25(28)30/h1-6,13-16,24,35H,7-12,17-19H2. The number of halogens is 4. The first-order chi connectivity index (χ1) is 18.3. The molecule has 2 aliphatic heterocycles. The lowest BCUT2D eigenvalue weighted by Gasteiger charge is -2.39. The maximum atomic E-state index is 13.4. The van der Waals surface area contributed by atoms with E-state index in [1.807, 2.05) is 6.07 Å². The molecule has 0 saturated carbocycles. The molecule has 1 saturated heterocycles. The third-order valence-electron chi connectivity index (χ3n) is 7.83. The second kappa shape index (κ2) is 12.2. The summed E-state index contributed by atoms with van der Waals surface area (Å²) in [6.07, 6.45) is 2.90. The van der Waals surface area contributed by atoms with Crippen molar-refractivity contribution in [3.63, 3.8) is 0 Å². The number of para-hydroxylation sites is 1. The Morgan fingerprint density at radius 1 is 0.947 bits per heavy atom. The molecule has 38 heavy (non-hydrogen) atoms. The fourth-order valence-corrected chi connectivity index (χ4v) is 6.61. The largest absolute Gasteiger partial charge is 0.384 e. The van der Waals surface area contributed by atoms with Gasteiger partial charge in [-0.25, -0.2) is 0 Å². The van der Waals surface area contributed by atoms with Crippen LogP contribution in [0.2, 0.25) is 20.1 Å². The zero-order valence-electron chi connectivity index (χ0n) is 21.0. The van der Waals surface area contributed by atoms with E-state index in [0.717, 1.165) is 50.1 Å². The van der Waals surface area contributed by atoms with Crippen molar-refractivity contribution in [1.82, 2.24) is 4.90 Å². The van der Waals surface area contributed by atoms with Gasteiger partial charge in [-0.05, 0) is 92.0 Å². The van der Waals surface area contributed by atoms with Crippen molar-refractivity contribution >= 4 is 57.9 Å². The molecule has 3 aromatic carbocycles. The number of anilines is 1. The number of nitrogens with one attached hydrogen (secondary N) is 1. The number of piperidine rings is 1. The van der Waals surface area contributed by atoms with Gasteiger partial charge in [0.25, 0.3) is 0 Å². The van der Waals surface area contributed by atoms with Gasteiger partial charge in [0.05, 0.1) is 16.7 Å². The fourth-order valence-electron chi connectivity index (χ4n) is 5.73. The first kappa shape index (κ1) is 27.8. The molecule has 0 aromatic heterocycles. The summed E-state index contributed by atoms with van der Waals surface area (Å²) in [4.78, 5) is 15.9. The summed E-state index contributed by atoms with van der Waals surface area (Å²) in [5, 5.41) is 5.59. The van der Waals surface area contributed by atoms with Crippen molar-refractivity contribution in [3.8, 4) is 0 Å². The SMILES string of the molecule is O=C(COCc1cc(Cl)cc(Cl)c1)C(CCN1CCC2(CC1)CNc1ccccc12)c1ccc(Cl)c(Cl)c1. The number of fused-ring (bicyclic) bond motifs is 2. The van der Waals surface area contributed by atoms with E-state index in [1.165, 1.54) is 11.3 Å². The molecule has 0 radical (unpaired) electrons. The summed E-state index contributed by atoms with van der Waals surface area (Å²) in [7, 11) is 0. The number of carbonyl (C=O) groups is 1. The molecule has 3 aromatic rings. The highest BCUT2D eigenvalue weighted by Crippen LogP contribution is 2.44. The Kier molecular flexibility index (Phi) is 8.89. The van der Waals surface area contributed by atoms with E-state index in [-0.39, 0.29) is 30.3 Å². The molecular formula is C30H30Cl4N2O2. The summed E-state index contributed by atoms with van der Waals surface area (Å²) in [5.41, 5.74) is 4.61. The van der Waals surface area contributed by atoms with Crippen molar-refractivity contribution in [2.45, 2.75) is 37.2 Å². The van der Waals surface area contributed by atoms with E-state index in [9.17, 15) is 4.79 Å². The number of likely N-dealkylation sites (tertiary alicyclic amines) is 1. The van der Waals surface area contributed by atoms with Gasteiger partial charge in [0, 0.05) is 33.6 Å². The van der Waals surface area contributed by atoms with Crippen LogP contribution >= 0.6 is 46.4 Å². The minimum absolute atomic E-state index is 0.0129. The first-order valence-corrected chi connectivity index (χ1v) is 14.4. The molecule has 1 N–H and O–H groups in total. The molecule has 1 unspecified atom stereocenters. The highest BCUT2D eigenvalue weighted by atomic mass is 35.5. The van der Waals surface area contributed by atoms with Crippen LogP contribution in [0, 0.1) is 0 Å². The van der Waals surface area contributed by atoms with Crippen LogP contribution in [0.15, 0.2) is 60.7 Å². The lowest BCUT2D eigenvalue weighted by Crippen LogP contribution is -2.44. The Labute approximate surface area is 244 Å². The minimum Gasteiger partial charge on any atom is -0.384 e. The van der Waals surface area contributed by atoms with E-state index in [1.54, 1.807) is 30.3 Å². The van der Waals surface area contributed by atoms with Crippen molar-refractivity contribution in [3.05, 3.63) is 97.4 Å². The Bertz CT molecular complexity index is 1290. The second-order valence-corrected chi connectivity index (χ2v) is 12.0. The van der Waals surface area contributed by atoms with E-state index in [0.29, 0.717) is 26.5 Å². The molecule has 8 heteroatoms. The molecule has 2 heterocycles. The molecule has 0 aliphatic carbocycles. The topological polar surface area (TPSA) is 41.6 Å². The highest BCUT2D eigenvalue weighted by Gasteiger charge is 2.41. The molecule has 200 valence electrons. The number of hydrogen-bond acceptors (Lipinski definition) is 4. The molecule has 1 fully saturated rings. The zero-order chi connectivity index (χ0) is 26.7. The Morgan fingerprint density at radius 3 is 2.42 bits per heavy atom. The summed E-state index contributed by atoms with van der Waals surface area (Å²) in [5.74, 6) is -0.323. The molecule has 1 spiro atoms. The molecular weight excluding hydrogens is 562 g/mol. The summed E-state index contributed by atoms with van der Waals surface area (Å²) in [6.45, 7) is 4.07. The third kappa shape index (κ3) is 6.33. The number of carbonyl (C=O) groups excluding carboxylic acids is 1. The van der Waals surface area contributed by atoms with Crippen LogP contribution in [-0.2, 0) is 21.6 Å². The van der Waals surface area contributed by atoms with Crippen LogP contribution in [0.4, 0.5) is 5.69 Å². The van der Waals surface area contributed by atoms with Gasteiger partial charge in [-0.1, -0.05) is 70.7 Å². The summed E-state index contributed by atoms with van der Waals surface area (Å²) in [6, 6.07) is 19.4. The second-order valence-electron chi connectivity index (χ2n) is 10.3. The molecule has 0 amide bonds. The van der Waals surface area contributed by atoms with E-state index >= 15 is 0 Å². The molecule has 2 aliphatic rings. The van der Waals surface area contributed by atoms with Gasteiger partial charge < -0.3 is 15.0 Å². The predicted octanol–water partition coefficient (Wildman–Crippen LogP) is 8.02. The lowest BCUT2D eigenvalue weighted by molar-refractivity contribution is -0.125. The monoisotopic (exact) mass is 590 g/mol. The Morgan fingerprint density at radius 2 is 1.68 bits per heavy atom. The summed E-state index contributed by atoms with van der Waals surface area (Å²) >= 11 is 24.7. The van der Waals surface area contributed by atoms with E-state index < -0.39 is 0 Å². The van der Waals surface area contributed by atoms with E-state index in [2.05, 4.69) is 34.5 Å². The van der Waals surface area contributed by atoms with Gasteiger partial charge in [-0.2, -0.15) is 0 Å². The molecule has 4 nitrogen and oxygen atoms in total. The quantitative estimate of drug-likeness (QED) is 0.273. The molecule has 1 atom stereocenters. The van der Waals surface area contributed by atoms with Gasteiger partial charge in [0.1, 0.15) is 6.61 Å².